The summed E-state index contributed by atoms with van der Waals surface area (Å²) < 4.78 is 7.56. The molecule has 1 aromatic heterocycles. The van der Waals surface area contributed by atoms with Gasteiger partial charge in [-0.1, -0.05) is 50.0 Å². The number of hydrogen-bond acceptors (Lipinski definition) is 3. The lowest BCUT2D eigenvalue weighted by atomic mass is 9.83. The molecule has 0 saturated heterocycles. The van der Waals surface area contributed by atoms with E-state index in [9.17, 15) is 4.79 Å². The van der Waals surface area contributed by atoms with Gasteiger partial charge in [0.05, 0.1) is 12.4 Å². The molecule has 0 N–H and O–H groups in total. The number of nitrogens with zero attached hydrogens (tertiary/aromatic N) is 2. The molecule has 0 bridgehead atoms. The van der Waals surface area contributed by atoms with E-state index in [0.29, 0.717) is 16.5 Å². The van der Waals surface area contributed by atoms with Crippen molar-refractivity contribution in [2.75, 3.05) is 0 Å². The van der Waals surface area contributed by atoms with E-state index in [0.717, 1.165) is 5.56 Å². The van der Waals surface area contributed by atoms with Crippen LogP contribution in [-0.4, -0.2) is 21.6 Å². The first-order valence-electron chi connectivity index (χ1n) is 7.78. The van der Waals surface area contributed by atoms with Crippen LogP contribution in [0.25, 0.3) is 0 Å². The first-order valence-corrected chi connectivity index (χ1v) is 8.53. The summed E-state index contributed by atoms with van der Waals surface area (Å²) in [5.74, 6) is -0.290. The molecule has 2 rings (SSSR count). The molecule has 4 nitrogen and oxygen atoms in total. The highest BCUT2D eigenvalue weighted by Crippen LogP contribution is 2.36. The molecule has 2 aromatic rings. The van der Waals surface area contributed by atoms with Gasteiger partial charge in [-0.2, -0.15) is 0 Å². The number of aromatic nitrogens is 2. The molecule has 0 radical (unpaired) electrons. The predicted molar refractivity (Wildman–Crippen MR) is 96.5 cm³/mol. The highest BCUT2D eigenvalue weighted by Gasteiger charge is 2.32. The summed E-state index contributed by atoms with van der Waals surface area (Å²) in [6.07, 6.45) is 5.65. The van der Waals surface area contributed by atoms with Crippen LogP contribution in [-0.2, 0) is 9.53 Å². The molecule has 0 aliphatic heterocycles. The molecule has 0 saturated carbocycles. The van der Waals surface area contributed by atoms with Crippen molar-refractivity contribution in [3.63, 3.8) is 0 Å². The SMILES string of the molecule is CC(=O)OC(CC(c1ccc(Cl)cc1Cl)n1ccnc1)C(C)(C)C. The number of carbonyl (C=O) groups is 1. The molecule has 0 aliphatic rings. The molecule has 0 aliphatic carbocycles. The third-order valence-electron chi connectivity index (χ3n) is 3.92. The fraction of sp³-hybridized carbons (Fsp3) is 0.444. The highest BCUT2D eigenvalue weighted by molar-refractivity contribution is 6.35. The summed E-state index contributed by atoms with van der Waals surface area (Å²) in [4.78, 5) is 15.7. The van der Waals surface area contributed by atoms with Gasteiger partial charge in [-0.25, -0.2) is 4.98 Å². The first kappa shape index (κ1) is 18.8. The maximum absolute atomic E-state index is 11.5. The zero-order valence-corrected chi connectivity index (χ0v) is 15.8. The molecule has 0 amide bonds. The van der Waals surface area contributed by atoms with E-state index in [1.165, 1.54) is 6.92 Å². The fourth-order valence-corrected chi connectivity index (χ4v) is 3.15. The van der Waals surface area contributed by atoms with Crippen molar-refractivity contribution in [1.82, 2.24) is 9.55 Å². The van der Waals surface area contributed by atoms with Gasteiger partial charge in [-0.05, 0) is 23.1 Å². The Morgan fingerprint density at radius 3 is 2.54 bits per heavy atom. The monoisotopic (exact) mass is 368 g/mol. The third kappa shape index (κ3) is 4.74. The topological polar surface area (TPSA) is 44.1 Å². The molecular formula is C18H22Cl2N2O2. The van der Waals surface area contributed by atoms with Crippen molar-refractivity contribution >= 4 is 29.2 Å². The predicted octanol–water partition coefficient (Wildman–Crippen LogP) is 5.15. The summed E-state index contributed by atoms with van der Waals surface area (Å²) in [6, 6.07) is 5.33. The Labute approximate surface area is 152 Å². The molecule has 6 heteroatoms. The van der Waals surface area contributed by atoms with Gasteiger partial charge in [0.1, 0.15) is 6.10 Å². The van der Waals surface area contributed by atoms with Crippen LogP contribution in [0.3, 0.4) is 0 Å². The van der Waals surface area contributed by atoms with Crippen LogP contribution in [0.1, 0.15) is 45.7 Å². The molecule has 130 valence electrons. The number of hydrogen-bond donors (Lipinski definition) is 0. The Morgan fingerprint density at radius 2 is 2.04 bits per heavy atom. The Balaban J connectivity index is 2.41. The van der Waals surface area contributed by atoms with E-state index in [1.807, 2.05) is 22.9 Å². The standard InChI is InChI=1S/C18H22Cl2N2O2/c1-12(23)24-17(18(2,3)4)10-16(22-8-7-21-11-22)14-6-5-13(19)9-15(14)20/h5-9,11,16-17H,10H2,1-4H3. The van der Waals surface area contributed by atoms with E-state index in [4.69, 9.17) is 27.9 Å². The zero-order valence-electron chi connectivity index (χ0n) is 14.3. The van der Waals surface area contributed by atoms with Crippen LogP contribution in [0.5, 0.6) is 0 Å². The van der Waals surface area contributed by atoms with Crippen LogP contribution < -0.4 is 0 Å². The Hall–Kier alpha value is -1.52. The van der Waals surface area contributed by atoms with Gasteiger partial charge in [0.2, 0.25) is 0 Å². The van der Waals surface area contributed by atoms with Crippen molar-refractivity contribution in [2.24, 2.45) is 5.41 Å². The molecule has 2 unspecified atom stereocenters. The van der Waals surface area contributed by atoms with Gasteiger partial charge in [0.15, 0.2) is 0 Å². The van der Waals surface area contributed by atoms with Crippen molar-refractivity contribution in [2.45, 2.75) is 46.3 Å². The minimum atomic E-state index is -0.290. The minimum Gasteiger partial charge on any atom is -0.462 e. The van der Waals surface area contributed by atoms with E-state index < -0.39 is 0 Å². The molecular weight excluding hydrogens is 347 g/mol. The van der Waals surface area contributed by atoms with Gasteiger partial charge in [-0.3, -0.25) is 4.79 Å². The molecule has 1 aromatic carbocycles. The van der Waals surface area contributed by atoms with Crippen LogP contribution >= 0.6 is 23.2 Å². The van der Waals surface area contributed by atoms with Crippen LogP contribution in [0.15, 0.2) is 36.9 Å². The zero-order chi connectivity index (χ0) is 17.9. The van der Waals surface area contributed by atoms with Crippen molar-refractivity contribution in [3.05, 3.63) is 52.5 Å². The number of halogens is 2. The molecule has 0 spiro atoms. The van der Waals surface area contributed by atoms with Gasteiger partial charge >= 0.3 is 5.97 Å². The van der Waals surface area contributed by atoms with E-state index >= 15 is 0 Å². The van der Waals surface area contributed by atoms with Gasteiger partial charge in [0.25, 0.3) is 0 Å². The average molecular weight is 369 g/mol. The normalized spacial score (nSPS) is 14.2. The van der Waals surface area contributed by atoms with Crippen molar-refractivity contribution in [1.29, 1.82) is 0 Å². The number of carbonyl (C=O) groups excluding carboxylic acids is 1. The lowest BCUT2D eigenvalue weighted by Crippen LogP contribution is -2.34. The second kappa shape index (κ2) is 7.58. The van der Waals surface area contributed by atoms with Crippen LogP contribution in [0.4, 0.5) is 0 Å². The number of esters is 1. The lowest BCUT2D eigenvalue weighted by Gasteiger charge is -2.33. The second-order valence-corrected chi connectivity index (χ2v) is 7.73. The van der Waals surface area contributed by atoms with Crippen LogP contribution in [0, 0.1) is 5.41 Å². The molecule has 1 heterocycles. The Morgan fingerprint density at radius 1 is 1.33 bits per heavy atom. The summed E-state index contributed by atoms with van der Waals surface area (Å²) in [7, 11) is 0. The van der Waals surface area contributed by atoms with Gasteiger partial charge in [-0.15, -0.1) is 0 Å². The smallest absolute Gasteiger partial charge is 0.302 e. The number of imidazole rings is 1. The minimum absolute atomic E-state index is 0.110. The lowest BCUT2D eigenvalue weighted by molar-refractivity contribution is -0.152. The van der Waals surface area contributed by atoms with Gasteiger partial charge in [0, 0.05) is 35.8 Å². The van der Waals surface area contributed by atoms with E-state index in [-0.39, 0.29) is 23.5 Å². The van der Waals surface area contributed by atoms with E-state index in [1.54, 1.807) is 18.6 Å². The average Bonchev–Trinajstić information content (AvgIpc) is 2.96. The maximum Gasteiger partial charge on any atom is 0.302 e. The molecule has 24 heavy (non-hydrogen) atoms. The second-order valence-electron chi connectivity index (χ2n) is 6.89. The number of rotatable bonds is 5. The summed E-state index contributed by atoms with van der Waals surface area (Å²) in [5, 5.41) is 1.16. The quantitative estimate of drug-likeness (QED) is 0.685. The number of benzene rings is 1. The van der Waals surface area contributed by atoms with Crippen molar-refractivity contribution < 1.29 is 9.53 Å². The largest absolute Gasteiger partial charge is 0.462 e. The Bertz CT molecular complexity index is 694. The Kier molecular flexibility index (Phi) is 5.94. The highest BCUT2D eigenvalue weighted by atomic mass is 35.5. The van der Waals surface area contributed by atoms with Crippen molar-refractivity contribution in [3.8, 4) is 0 Å². The molecule has 2 atom stereocenters. The fourth-order valence-electron chi connectivity index (χ4n) is 2.62. The first-order chi connectivity index (χ1) is 11.2. The van der Waals surface area contributed by atoms with Crippen LogP contribution in [0.2, 0.25) is 10.0 Å². The summed E-state index contributed by atoms with van der Waals surface area (Å²) in [6.45, 7) is 7.58. The van der Waals surface area contributed by atoms with E-state index in [2.05, 4.69) is 25.8 Å². The summed E-state index contributed by atoms with van der Waals surface area (Å²) in [5.41, 5.74) is 0.712. The number of ether oxygens (including phenoxy) is 1. The van der Waals surface area contributed by atoms with Gasteiger partial charge < -0.3 is 9.30 Å². The maximum atomic E-state index is 11.5. The summed E-state index contributed by atoms with van der Waals surface area (Å²) >= 11 is 12.4. The third-order valence-corrected chi connectivity index (χ3v) is 4.48. The molecule has 0 fully saturated rings.